The Morgan fingerprint density at radius 2 is 2.28 bits per heavy atom. The van der Waals surface area contributed by atoms with Crippen molar-refractivity contribution in [1.29, 1.82) is 0 Å². The standard InChI is InChI=1S/C12H14BrN3OS/c1-8-7-9(13)3-4-10(8)11-15-12(18-16-11)14-5-6-17-2/h3-4,7H,5-6H2,1-2H3,(H,14,15,16). The molecule has 2 rings (SSSR count). The summed E-state index contributed by atoms with van der Waals surface area (Å²) in [6, 6.07) is 6.09. The third-order valence-corrected chi connectivity index (χ3v) is 3.60. The lowest BCUT2D eigenvalue weighted by Crippen LogP contribution is -2.07. The molecule has 0 radical (unpaired) electrons. The van der Waals surface area contributed by atoms with Crippen molar-refractivity contribution in [2.75, 3.05) is 25.6 Å². The summed E-state index contributed by atoms with van der Waals surface area (Å²) in [5.74, 6) is 0.768. The third-order valence-electron chi connectivity index (χ3n) is 2.44. The lowest BCUT2D eigenvalue weighted by molar-refractivity contribution is 0.211. The van der Waals surface area contributed by atoms with Crippen LogP contribution in [0.5, 0.6) is 0 Å². The van der Waals surface area contributed by atoms with E-state index >= 15 is 0 Å². The van der Waals surface area contributed by atoms with E-state index in [1.807, 2.05) is 12.1 Å². The van der Waals surface area contributed by atoms with E-state index in [9.17, 15) is 0 Å². The molecule has 0 spiro atoms. The number of anilines is 1. The van der Waals surface area contributed by atoms with E-state index in [4.69, 9.17) is 4.74 Å². The van der Waals surface area contributed by atoms with E-state index in [1.165, 1.54) is 11.5 Å². The molecule has 4 nitrogen and oxygen atoms in total. The predicted molar refractivity (Wildman–Crippen MR) is 78.1 cm³/mol. The van der Waals surface area contributed by atoms with Gasteiger partial charge in [-0.15, -0.1) is 0 Å². The van der Waals surface area contributed by atoms with Crippen LogP contribution < -0.4 is 5.32 Å². The molecule has 0 fully saturated rings. The SMILES string of the molecule is COCCNc1nc(-c2ccc(Br)cc2C)ns1. The zero-order valence-corrected chi connectivity index (χ0v) is 12.6. The van der Waals surface area contributed by atoms with Crippen molar-refractivity contribution in [3.05, 3.63) is 28.2 Å². The maximum atomic E-state index is 4.98. The van der Waals surface area contributed by atoms with Gasteiger partial charge in [0.15, 0.2) is 5.82 Å². The van der Waals surface area contributed by atoms with Crippen LogP contribution in [0.15, 0.2) is 22.7 Å². The van der Waals surface area contributed by atoms with E-state index in [2.05, 4.69) is 43.6 Å². The highest BCUT2D eigenvalue weighted by atomic mass is 79.9. The highest BCUT2D eigenvalue weighted by Crippen LogP contribution is 2.26. The van der Waals surface area contributed by atoms with E-state index in [0.29, 0.717) is 6.61 Å². The number of rotatable bonds is 5. The first-order valence-corrected chi connectivity index (χ1v) is 7.10. The number of hydrogen-bond donors (Lipinski definition) is 1. The number of ether oxygens (including phenoxy) is 1. The fraction of sp³-hybridized carbons (Fsp3) is 0.333. The van der Waals surface area contributed by atoms with Crippen molar-refractivity contribution < 1.29 is 4.74 Å². The first-order chi connectivity index (χ1) is 8.70. The lowest BCUT2D eigenvalue weighted by atomic mass is 10.1. The topological polar surface area (TPSA) is 47.0 Å². The molecule has 0 atom stereocenters. The summed E-state index contributed by atoms with van der Waals surface area (Å²) in [4.78, 5) is 4.47. The molecule has 6 heteroatoms. The minimum absolute atomic E-state index is 0.659. The van der Waals surface area contributed by atoms with Crippen molar-refractivity contribution in [3.8, 4) is 11.4 Å². The van der Waals surface area contributed by atoms with Gasteiger partial charge in [-0.1, -0.05) is 15.9 Å². The number of aromatic nitrogens is 2. The van der Waals surface area contributed by atoms with Crippen molar-refractivity contribution >= 4 is 32.6 Å². The van der Waals surface area contributed by atoms with Crippen LogP contribution in [0.1, 0.15) is 5.56 Å². The summed E-state index contributed by atoms with van der Waals surface area (Å²) in [6.45, 7) is 3.45. The van der Waals surface area contributed by atoms with Crippen molar-refractivity contribution in [3.63, 3.8) is 0 Å². The zero-order valence-electron chi connectivity index (χ0n) is 10.2. The van der Waals surface area contributed by atoms with Gasteiger partial charge in [0.25, 0.3) is 0 Å². The fourth-order valence-corrected chi connectivity index (χ4v) is 2.62. The van der Waals surface area contributed by atoms with Crippen LogP contribution in [0.4, 0.5) is 5.13 Å². The Hall–Kier alpha value is -0.980. The summed E-state index contributed by atoms with van der Waals surface area (Å²) in [7, 11) is 1.68. The van der Waals surface area contributed by atoms with Gasteiger partial charge in [0, 0.05) is 35.2 Å². The summed E-state index contributed by atoms with van der Waals surface area (Å²) in [5, 5.41) is 4.00. The summed E-state index contributed by atoms with van der Waals surface area (Å²) >= 11 is 4.82. The number of hydrogen-bond acceptors (Lipinski definition) is 5. The smallest absolute Gasteiger partial charge is 0.202 e. The van der Waals surface area contributed by atoms with E-state index in [0.717, 1.165) is 33.1 Å². The van der Waals surface area contributed by atoms with Crippen LogP contribution in [0, 0.1) is 6.92 Å². The number of halogens is 1. The van der Waals surface area contributed by atoms with E-state index in [-0.39, 0.29) is 0 Å². The minimum Gasteiger partial charge on any atom is -0.383 e. The Morgan fingerprint density at radius 1 is 1.44 bits per heavy atom. The van der Waals surface area contributed by atoms with Gasteiger partial charge in [-0.05, 0) is 30.7 Å². The second kappa shape index (κ2) is 6.26. The second-order valence-corrected chi connectivity index (χ2v) is 5.47. The lowest BCUT2D eigenvalue weighted by Gasteiger charge is -2.02. The highest BCUT2D eigenvalue weighted by Gasteiger charge is 2.08. The first kappa shape index (κ1) is 13.5. The molecule has 2 aromatic rings. The van der Waals surface area contributed by atoms with Crippen LogP contribution in [0.2, 0.25) is 0 Å². The Morgan fingerprint density at radius 3 is 3.00 bits per heavy atom. The van der Waals surface area contributed by atoms with Crippen LogP contribution in [-0.2, 0) is 4.74 Å². The molecule has 1 heterocycles. The molecule has 1 aromatic heterocycles. The molecular weight excluding hydrogens is 314 g/mol. The van der Waals surface area contributed by atoms with E-state index < -0.39 is 0 Å². The monoisotopic (exact) mass is 327 g/mol. The average Bonchev–Trinajstić information content (AvgIpc) is 2.78. The molecule has 0 aliphatic rings. The molecule has 1 aromatic carbocycles. The molecule has 1 N–H and O–H groups in total. The molecule has 0 saturated carbocycles. The number of benzene rings is 1. The predicted octanol–water partition coefficient (Wildman–Crippen LogP) is 3.33. The van der Waals surface area contributed by atoms with Crippen LogP contribution in [0.25, 0.3) is 11.4 Å². The maximum Gasteiger partial charge on any atom is 0.202 e. The van der Waals surface area contributed by atoms with Crippen molar-refractivity contribution in [2.45, 2.75) is 6.92 Å². The third kappa shape index (κ3) is 3.28. The number of methoxy groups -OCH3 is 1. The minimum atomic E-state index is 0.659. The average molecular weight is 328 g/mol. The van der Waals surface area contributed by atoms with Gasteiger partial charge in [0.1, 0.15) is 0 Å². The van der Waals surface area contributed by atoms with Gasteiger partial charge in [-0.25, -0.2) is 0 Å². The van der Waals surface area contributed by atoms with Crippen LogP contribution in [-0.4, -0.2) is 29.6 Å². The molecule has 0 aliphatic heterocycles. The maximum absolute atomic E-state index is 4.98. The van der Waals surface area contributed by atoms with Crippen molar-refractivity contribution in [2.24, 2.45) is 0 Å². The van der Waals surface area contributed by atoms with Crippen LogP contribution in [0.3, 0.4) is 0 Å². The first-order valence-electron chi connectivity index (χ1n) is 5.54. The normalized spacial score (nSPS) is 10.6. The Labute approximate surface area is 119 Å². The quantitative estimate of drug-likeness (QED) is 0.855. The molecule has 0 unspecified atom stereocenters. The molecule has 0 amide bonds. The molecule has 0 saturated heterocycles. The molecule has 18 heavy (non-hydrogen) atoms. The molecular formula is C12H14BrN3OS. The van der Waals surface area contributed by atoms with Gasteiger partial charge in [0.2, 0.25) is 5.13 Å². The Balaban J connectivity index is 2.13. The number of nitrogens with one attached hydrogen (secondary N) is 1. The van der Waals surface area contributed by atoms with Gasteiger partial charge >= 0.3 is 0 Å². The number of nitrogens with zero attached hydrogens (tertiary/aromatic N) is 2. The van der Waals surface area contributed by atoms with Gasteiger partial charge in [-0.2, -0.15) is 9.36 Å². The molecule has 0 bridgehead atoms. The van der Waals surface area contributed by atoms with Crippen LogP contribution >= 0.6 is 27.5 Å². The zero-order chi connectivity index (χ0) is 13.0. The Bertz CT molecular complexity index is 530. The summed E-state index contributed by atoms with van der Waals surface area (Å²) in [5.41, 5.74) is 2.22. The summed E-state index contributed by atoms with van der Waals surface area (Å²) in [6.07, 6.45) is 0. The van der Waals surface area contributed by atoms with Gasteiger partial charge < -0.3 is 10.1 Å². The van der Waals surface area contributed by atoms with Gasteiger partial charge in [0.05, 0.1) is 6.61 Å². The number of aryl methyl sites for hydroxylation is 1. The molecule has 96 valence electrons. The molecule has 0 aliphatic carbocycles. The summed E-state index contributed by atoms with van der Waals surface area (Å²) < 4.78 is 10.4. The fourth-order valence-electron chi connectivity index (χ4n) is 1.54. The van der Waals surface area contributed by atoms with E-state index in [1.54, 1.807) is 7.11 Å². The van der Waals surface area contributed by atoms with Crippen molar-refractivity contribution in [1.82, 2.24) is 9.36 Å². The second-order valence-electron chi connectivity index (χ2n) is 3.80. The Kier molecular flexibility index (Phi) is 4.68. The largest absolute Gasteiger partial charge is 0.383 e. The highest BCUT2D eigenvalue weighted by molar-refractivity contribution is 9.10. The van der Waals surface area contributed by atoms with Gasteiger partial charge in [-0.3, -0.25) is 0 Å².